The van der Waals surface area contributed by atoms with E-state index < -0.39 is 0 Å². The SMILES string of the molecule is CCC(OCC(C)CO)[NH+](C)[O-]. The largest absolute Gasteiger partial charge is 0.633 e. The number of nitrogens with one attached hydrogen (secondary N) is 1. The molecule has 0 saturated carbocycles. The van der Waals surface area contributed by atoms with Crippen LogP contribution in [0.1, 0.15) is 20.3 Å². The van der Waals surface area contributed by atoms with Crippen LogP contribution in [-0.2, 0) is 4.74 Å². The first-order valence-corrected chi connectivity index (χ1v) is 4.34. The molecule has 0 aromatic rings. The van der Waals surface area contributed by atoms with Gasteiger partial charge in [0, 0.05) is 18.9 Å². The Morgan fingerprint density at radius 2 is 2.17 bits per heavy atom. The summed E-state index contributed by atoms with van der Waals surface area (Å²) in [6, 6.07) is 0. The molecule has 12 heavy (non-hydrogen) atoms. The van der Waals surface area contributed by atoms with Crippen LogP contribution in [-0.4, -0.2) is 31.6 Å². The quantitative estimate of drug-likeness (QED) is 0.420. The Kier molecular flexibility index (Phi) is 6.28. The van der Waals surface area contributed by atoms with Crippen molar-refractivity contribution in [1.82, 2.24) is 0 Å². The average molecular weight is 177 g/mol. The van der Waals surface area contributed by atoms with Crippen molar-refractivity contribution in [3.8, 4) is 0 Å². The van der Waals surface area contributed by atoms with Crippen LogP contribution in [0.4, 0.5) is 0 Å². The first-order valence-electron chi connectivity index (χ1n) is 4.34. The van der Waals surface area contributed by atoms with Gasteiger partial charge in [-0.1, -0.05) is 13.8 Å². The fraction of sp³-hybridized carbons (Fsp3) is 1.00. The molecular weight excluding hydrogens is 158 g/mol. The van der Waals surface area contributed by atoms with E-state index in [0.717, 1.165) is 0 Å². The Labute approximate surface area is 73.7 Å². The third-order valence-corrected chi connectivity index (χ3v) is 1.72. The van der Waals surface area contributed by atoms with E-state index in [1.165, 1.54) is 7.05 Å². The molecule has 0 radical (unpaired) electrons. The second kappa shape index (κ2) is 6.37. The number of hydrogen-bond acceptors (Lipinski definition) is 3. The molecule has 3 unspecified atom stereocenters. The minimum Gasteiger partial charge on any atom is -0.633 e. The summed E-state index contributed by atoms with van der Waals surface area (Å²) >= 11 is 0. The Balaban J connectivity index is 3.58. The Morgan fingerprint density at radius 3 is 2.50 bits per heavy atom. The van der Waals surface area contributed by atoms with Crippen molar-refractivity contribution in [3.05, 3.63) is 5.21 Å². The van der Waals surface area contributed by atoms with E-state index in [1.54, 1.807) is 0 Å². The van der Waals surface area contributed by atoms with Gasteiger partial charge in [-0.25, -0.2) is 0 Å². The van der Waals surface area contributed by atoms with Crippen LogP contribution in [0, 0.1) is 11.1 Å². The summed E-state index contributed by atoms with van der Waals surface area (Å²) in [7, 11) is 1.53. The van der Waals surface area contributed by atoms with Gasteiger partial charge in [0.25, 0.3) is 0 Å². The fourth-order valence-electron chi connectivity index (χ4n) is 0.856. The Hall–Kier alpha value is -0.160. The number of ether oxygens (including phenoxy) is 1. The third kappa shape index (κ3) is 4.66. The highest BCUT2D eigenvalue weighted by molar-refractivity contribution is 4.47. The summed E-state index contributed by atoms with van der Waals surface area (Å²) in [6.45, 7) is 4.35. The van der Waals surface area contributed by atoms with E-state index in [-0.39, 0.29) is 23.8 Å². The van der Waals surface area contributed by atoms with Gasteiger partial charge in [-0.2, -0.15) is 0 Å². The van der Waals surface area contributed by atoms with E-state index in [9.17, 15) is 5.21 Å². The zero-order valence-electron chi connectivity index (χ0n) is 8.04. The summed E-state index contributed by atoms with van der Waals surface area (Å²) in [6.07, 6.45) is 0.409. The standard InChI is InChI=1S/C8H19NO3/c1-4-8(9(3)11)12-6-7(2)5-10/h7-10H,4-6H2,1-3H3. The molecular formula is C8H19NO3. The number of hydroxylamine groups is 2. The maximum Gasteiger partial charge on any atom is 0.190 e. The van der Waals surface area contributed by atoms with Gasteiger partial charge >= 0.3 is 0 Å². The fourth-order valence-corrected chi connectivity index (χ4v) is 0.856. The lowest BCUT2D eigenvalue weighted by atomic mass is 10.2. The summed E-state index contributed by atoms with van der Waals surface area (Å²) in [4.78, 5) is 0. The lowest BCUT2D eigenvalue weighted by Crippen LogP contribution is -3.08. The van der Waals surface area contributed by atoms with Crippen molar-refractivity contribution in [3.63, 3.8) is 0 Å². The zero-order chi connectivity index (χ0) is 9.56. The molecule has 3 atom stereocenters. The number of aliphatic hydroxyl groups is 1. The Bertz CT molecular complexity index is 108. The van der Waals surface area contributed by atoms with Crippen LogP contribution in [0.2, 0.25) is 0 Å². The lowest BCUT2D eigenvalue weighted by Gasteiger charge is -2.27. The second-order valence-electron chi connectivity index (χ2n) is 3.13. The minimum atomic E-state index is -0.293. The molecule has 4 nitrogen and oxygen atoms in total. The van der Waals surface area contributed by atoms with Crippen LogP contribution < -0.4 is 5.06 Å². The molecule has 0 aliphatic rings. The molecule has 0 aromatic carbocycles. The molecule has 0 aromatic heterocycles. The third-order valence-electron chi connectivity index (χ3n) is 1.72. The van der Waals surface area contributed by atoms with E-state index in [0.29, 0.717) is 13.0 Å². The van der Waals surface area contributed by atoms with Gasteiger partial charge in [-0.15, -0.1) is 0 Å². The molecule has 0 fully saturated rings. The molecule has 0 spiro atoms. The number of quaternary nitrogens is 1. The van der Waals surface area contributed by atoms with Crippen LogP contribution in [0.25, 0.3) is 0 Å². The molecule has 0 heterocycles. The molecule has 0 bridgehead atoms. The van der Waals surface area contributed by atoms with Crippen LogP contribution in [0.15, 0.2) is 0 Å². The summed E-state index contributed by atoms with van der Waals surface area (Å²) in [5, 5.41) is 19.6. The van der Waals surface area contributed by atoms with Crippen LogP contribution in [0.3, 0.4) is 0 Å². The van der Waals surface area contributed by atoms with Gasteiger partial charge in [-0.05, 0) is 0 Å². The molecule has 0 amide bonds. The van der Waals surface area contributed by atoms with E-state index in [4.69, 9.17) is 9.84 Å². The summed E-state index contributed by atoms with van der Waals surface area (Å²) in [5.74, 6) is 0.110. The van der Waals surface area contributed by atoms with Crippen molar-refractivity contribution in [2.75, 3.05) is 20.3 Å². The topological polar surface area (TPSA) is 57.0 Å². The predicted octanol–water partition coefficient (Wildman–Crippen LogP) is -0.620. The molecule has 2 N–H and O–H groups in total. The number of hydrogen-bond donors (Lipinski definition) is 2. The van der Waals surface area contributed by atoms with Crippen molar-refractivity contribution in [1.29, 1.82) is 0 Å². The normalized spacial score (nSPS) is 18.8. The Morgan fingerprint density at radius 1 is 1.58 bits per heavy atom. The van der Waals surface area contributed by atoms with E-state index in [2.05, 4.69) is 0 Å². The minimum absolute atomic E-state index is 0.0580. The van der Waals surface area contributed by atoms with Gasteiger partial charge in [0.05, 0.1) is 13.7 Å². The van der Waals surface area contributed by atoms with Gasteiger partial charge in [0.15, 0.2) is 6.23 Å². The van der Waals surface area contributed by atoms with Crippen molar-refractivity contribution in [2.45, 2.75) is 26.5 Å². The maximum absolute atomic E-state index is 10.9. The molecule has 74 valence electrons. The predicted molar refractivity (Wildman–Crippen MR) is 46.5 cm³/mol. The lowest BCUT2D eigenvalue weighted by molar-refractivity contribution is -0.882. The van der Waals surface area contributed by atoms with E-state index >= 15 is 0 Å². The zero-order valence-corrected chi connectivity index (χ0v) is 8.04. The monoisotopic (exact) mass is 177 g/mol. The first kappa shape index (κ1) is 11.8. The van der Waals surface area contributed by atoms with Crippen LogP contribution in [0.5, 0.6) is 0 Å². The van der Waals surface area contributed by atoms with Crippen molar-refractivity contribution >= 4 is 0 Å². The van der Waals surface area contributed by atoms with Crippen molar-refractivity contribution < 1.29 is 14.9 Å². The summed E-state index contributed by atoms with van der Waals surface area (Å²) < 4.78 is 5.30. The van der Waals surface area contributed by atoms with Gasteiger partial charge in [0.1, 0.15) is 0 Å². The maximum atomic E-state index is 10.9. The second-order valence-corrected chi connectivity index (χ2v) is 3.13. The van der Waals surface area contributed by atoms with Gasteiger partial charge < -0.3 is 20.1 Å². The molecule has 0 aliphatic carbocycles. The highest BCUT2D eigenvalue weighted by Gasteiger charge is 2.11. The van der Waals surface area contributed by atoms with Crippen LogP contribution >= 0.6 is 0 Å². The van der Waals surface area contributed by atoms with Gasteiger partial charge in [-0.3, -0.25) is 0 Å². The highest BCUT2D eigenvalue weighted by Crippen LogP contribution is 1.96. The molecule has 0 saturated heterocycles. The summed E-state index contributed by atoms with van der Waals surface area (Å²) in [5.41, 5.74) is 0. The smallest absolute Gasteiger partial charge is 0.190 e. The molecule has 4 heteroatoms. The number of aliphatic hydroxyl groups excluding tert-OH is 1. The van der Waals surface area contributed by atoms with E-state index in [1.807, 2.05) is 13.8 Å². The average Bonchev–Trinajstić information content (AvgIpc) is 2.04. The number of rotatable bonds is 6. The van der Waals surface area contributed by atoms with Gasteiger partial charge in [0.2, 0.25) is 0 Å². The highest BCUT2D eigenvalue weighted by atomic mass is 16.6. The molecule has 0 aliphatic heterocycles. The van der Waals surface area contributed by atoms with Crippen molar-refractivity contribution in [2.24, 2.45) is 5.92 Å². The molecule has 0 rings (SSSR count). The first-order chi connectivity index (χ1) is 5.61.